The summed E-state index contributed by atoms with van der Waals surface area (Å²) < 4.78 is 0. The third-order valence-corrected chi connectivity index (χ3v) is 4.11. The van der Waals surface area contributed by atoms with Gasteiger partial charge in [0.2, 0.25) is 0 Å². The van der Waals surface area contributed by atoms with E-state index in [-0.39, 0.29) is 24.3 Å². The first-order valence-electron chi connectivity index (χ1n) is 8.53. The van der Waals surface area contributed by atoms with Gasteiger partial charge in [-0.15, -0.1) is 0 Å². The van der Waals surface area contributed by atoms with Gasteiger partial charge < -0.3 is 40.4 Å². The van der Waals surface area contributed by atoms with Gasteiger partial charge in [0.05, 0.1) is 31.0 Å². The number of hydrogen-bond donors (Lipinski definition) is 6. The molecule has 4 unspecified atom stereocenters. The van der Waals surface area contributed by atoms with Crippen molar-refractivity contribution in [1.82, 2.24) is 14.8 Å². The third-order valence-electron chi connectivity index (χ3n) is 4.11. The fourth-order valence-electron chi connectivity index (χ4n) is 2.28. The Morgan fingerprint density at radius 1 is 0.857 bits per heavy atom. The normalized spacial score (nSPS) is 15.4. The molecule has 4 atom stereocenters. The number of pyridine rings is 1. The Kier molecular flexibility index (Phi) is 9.38. The Hall–Kier alpha value is -2.15. The second-order valence-electron chi connectivity index (χ2n) is 6.44. The maximum Gasteiger partial charge on any atom is 0.272 e. The zero-order valence-corrected chi connectivity index (χ0v) is 15.7. The zero-order valence-electron chi connectivity index (χ0n) is 15.7. The summed E-state index contributed by atoms with van der Waals surface area (Å²) in [5, 5.41) is 55.6. The molecule has 28 heavy (non-hydrogen) atoms. The number of rotatable bonds is 10. The third kappa shape index (κ3) is 6.48. The molecule has 0 bridgehead atoms. The van der Waals surface area contributed by atoms with E-state index in [2.05, 4.69) is 4.98 Å². The molecular weight excluding hydrogens is 374 g/mol. The highest BCUT2D eigenvalue weighted by molar-refractivity contribution is 5.96. The first-order valence-corrected chi connectivity index (χ1v) is 8.53. The minimum Gasteiger partial charge on any atom is -0.394 e. The van der Waals surface area contributed by atoms with E-state index in [4.69, 9.17) is 10.2 Å². The molecular formula is C17H27N3O8. The van der Waals surface area contributed by atoms with Crippen molar-refractivity contribution in [1.29, 1.82) is 0 Å². The van der Waals surface area contributed by atoms with Crippen molar-refractivity contribution >= 4 is 11.8 Å². The number of aromatic nitrogens is 1. The van der Waals surface area contributed by atoms with Crippen LogP contribution in [0.2, 0.25) is 0 Å². The summed E-state index contributed by atoms with van der Waals surface area (Å²) in [6.07, 6.45) is -4.22. The molecule has 0 saturated carbocycles. The van der Waals surface area contributed by atoms with Crippen molar-refractivity contribution in [3.8, 4) is 0 Å². The summed E-state index contributed by atoms with van der Waals surface area (Å²) in [4.78, 5) is 30.8. The molecule has 158 valence electrons. The van der Waals surface area contributed by atoms with Gasteiger partial charge in [-0.2, -0.15) is 0 Å². The van der Waals surface area contributed by atoms with Crippen LogP contribution in [0.1, 0.15) is 20.8 Å². The lowest BCUT2D eigenvalue weighted by molar-refractivity contribution is -0.0244. The van der Waals surface area contributed by atoms with E-state index in [1.54, 1.807) is 0 Å². The van der Waals surface area contributed by atoms with Crippen molar-refractivity contribution in [3.63, 3.8) is 0 Å². The van der Waals surface area contributed by atoms with Gasteiger partial charge in [0.25, 0.3) is 11.8 Å². The largest absolute Gasteiger partial charge is 0.394 e. The van der Waals surface area contributed by atoms with E-state index in [1.165, 1.54) is 32.4 Å². The molecule has 1 rings (SSSR count). The van der Waals surface area contributed by atoms with Gasteiger partial charge in [0, 0.05) is 33.4 Å². The highest BCUT2D eigenvalue weighted by atomic mass is 16.4. The maximum absolute atomic E-state index is 12.3. The molecule has 2 amide bonds. The lowest BCUT2D eigenvalue weighted by Gasteiger charge is -2.24. The number of likely N-dealkylation sites (N-methyl/N-ethyl adjacent to an activating group) is 2. The monoisotopic (exact) mass is 401 g/mol. The van der Waals surface area contributed by atoms with E-state index in [1.807, 2.05) is 0 Å². The summed E-state index contributed by atoms with van der Waals surface area (Å²) >= 11 is 0. The van der Waals surface area contributed by atoms with E-state index < -0.39 is 49.4 Å². The van der Waals surface area contributed by atoms with Crippen LogP contribution in [-0.2, 0) is 0 Å². The molecule has 0 fully saturated rings. The maximum atomic E-state index is 12.3. The van der Waals surface area contributed by atoms with Gasteiger partial charge in [0.15, 0.2) is 0 Å². The highest BCUT2D eigenvalue weighted by Gasteiger charge is 2.23. The zero-order chi connectivity index (χ0) is 21.4. The van der Waals surface area contributed by atoms with E-state index in [0.29, 0.717) is 0 Å². The lowest BCUT2D eigenvalue weighted by Crippen LogP contribution is -2.42. The topological polar surface area (TPSA) is 175 Å². The van der Waals surface area contributed by atoms with Crippen LogP contribution in [0.25, 0.3) is 0 Å². The second kappa shape index (κ2) is 11.0. The number of carbonyl (C=O) groups excluding carboxylic acids is 2. The number of aliphatic hydroxyl groups excluding tert-OH is 6. The van der Waals surface area contributed by atoms with Gasteiger partial charge in [-0.3, -0.25) is 14.6 Å². The average molecular weight is 401 g/mol. The Labute approximate surface area is 162 Å². The van der Waals surface area contributed by atoms with Gasteiger partial charge in [-0.1, -0.05) is 0 Å². The quantitative estimate of drug-likeness (QED) is 0.234. The molecule has 6 N–H and O–H groups in total. The first kappa shape index (κ1) is 23.9. The van der Waals surface area contributed by atoms with Crippen LogP contribution in [0.4, 0.5) is 0 Å². The van der Waals surface area contributed by atoms with Crippen molar-refractivity contribution < 1.29 is 40.2 Å². The smallest absolute Gasteiger partial charge is 0.272 e. The van der Waals surface area contributed by atoms with Crippen molar-refractivity contribution in [3.05, 3.63) is 29.6 Å². The summed E-state index contributed by atoms with van der Waals surface area (Å²) in [5.74, 6) is -1.07. The van der Waals surface area contributed by atoms with E-state index in [0.717, 1.165) is 9.80 Å². The van der Waals surface area contributed by atoms with Crippen LogP contribution in [0, 0.1) is 0 Å². The highest BCUT2D eigenvalue weighted by Crippen LogP contribution is 2.08. The Morgan fingerprint density at radius 2 is 1.32 bits per heavy atom. The van der Waals surface area contributed by atoms with Crippen LogP contribution in [0.15, 0.2) is 18.3 Å². The van der Waals surface area contributed by atoms with Gasteiger partial charge in [0.1, 0.15) is 17.9 Å². The van der Waals surface area contributed by atoms with Crippen LogP contribution < -0.4 is 0 Å². The van der Waals surface area contributed by atoms with Gasteiger partial charge in [-0.25, -0.2) is 0 Å². The molecule has 0 radical (unpaired) electrons. The Balaban J connectivity index is 2.74. The summed E-state index contributed by atoms with van der Waals surface area (Å²) in [7, 11) is 2.79. The first-order chi connectivity index (χ1) is 13.1. The predicted molar refractivity (Wildman–Crippen MR) is 96.4 cm³/mol. The minimum absolute atomic E-state index is 0.00290. The molecule has 1 aromatic rings. The van der Waals surface area contributed by atoms with Gasteiger partial charge in [-0.05, 0) is 12.1 Å². The van der Waals surface area contributed by atoms with Crippen molar-refractivity contribution in [2.75, 3.05) is 40.4 Å². The predicted octanol–water partition coefficient (Wildman–Crippen LogP) is -3.35. The molecule has 1 heterocycles. The average Bonchev–Trinajstić information content (AvgIpc) is 2.70. The van der Waals surface area contributed by atoms with E-state index >= 15 is 0 Å². The molecule has 0 saturated heterocycles. The number of amides is 2. The Morgan fingerprint density at radius 3 is 1.71 bits per heavy atom. The summed E-state index contributed by atoms with van der Waals surface area (Å²) in [5.41, 5.74) is 0.145. The SMILES string of the molecule is CN(CC(O)C(O)CO)C(=O)c1ccc(C(=O)N(C)CC(O)C(O)CO)nc1. The number of aliphatic hydroxyl groups is 6. The van der Waals surface area contributed by atoms with Crippen LogP contribution >= 0.6 is 0 Å². The van der Waals surface area contributed by atoms with E-state index in [9.17, 15) is 30.0 Å². The fraction of sp³-hybridized carbons (Fsp3) is 0.588. The van der Waals surface area contributed by atoms with Crippen molar-refractivity contribution in [2.24, 2.45) is 0 Å². The second-order valence-corrected chi connectivity index (χ2v) is 6.44. The van der Waals surface area contributed by atoms with Gasteiger partial charge >= 0.3 is 0 Å². The van der Waals surface area contributed by atoms with Crippen LogP contribution in [-0.4, -0.2) is 122 Å². The number of nitrogens with zero attached hydrogens (tertiary/aromatic N) is 3. The molecule has 0 aliphatic carbocycles. The molecule has 1 aromatic heterocycles. The lowest BCUT2D eigenvalue weighted by atomic mass is 10.1. The van der Waals surface area contributed by atoms with Crippen molar-refractivity contribution in [2.45, 2.75) is 24.4 Å². The molecule has 11 heteroatoms. The molecule has 0 spiro atoms. The van der Waals surface area contributed by atoms with Crippen LogP contribution in [0.5, 0.6) is 0 Å². The minimum atomic E-state index is -1.38. The molecule has 11 nitrogen and oxygen atoms in total. The molecule has 0 aromatic carbocycles. The summed E-state index contributed by atoms with van der Waals surface area (Å²) in [6.45, 7) is -1.72. The summed E-state index contributed by atoms with van der Waals surface area (Å²) in [6, 6.07) is 2.68. The molecule has 0 aliphatic heterocycles. The molecule has 0 aliphatic rings. The number of hydrogen-bond acceptors (Lipinski definition) is 9. The fourth-order valence-corrected chi connectivity index (χ4v) is 2.28. The van der Waals surface area contributed by atoms with Crippen LogP contribution in [0.3, 0.4) is 0 Å². The Bertz CT molecular complexity index is 587. The number of carbonyl (C=O) groups is 2. The standard InChI is InChI=1S/C17H27N3O8/c1-19(6-12(23)14(25)8-21)16(27)10-3-4-11(18-5-10)17(28)20(2)7-13(24)15(26)9-22/h3-5,12-15,21-26H,6-9H2,1-2H3.